The van der Waals surface area contributed by atoms with Gasteiger partial charge in [0.05, 0.1) is 42.0 Å². The van der Waals surface area contributed by atoms with E-state index in [1.54, 1.807) is 6.26 Å². The van der Waals surface area contributed by atoms with Gasteiger partial charge in [-0.25, -0.2) is 4.79 Å². The second kappa shape index (κ2) is 12.6. The van der Waals surface area contributed by atoms with Gasteiger partial charge in [0.1, 0.15) is 30.2 Å². The van der Waals surface area contributed by atoms with Crippen LogP contribution >= 0.6 is 0 Å². The van der Waals surface area contributed by atoms with Crippen LogP contribution in [0, 0.1) is 39.4 Å². The molecule has 3 spiro atoms. The van der Waals surface area contributed by atoms with Crippen molar-refractivity contribution < 1.29 is 53.1 Å². The van der Waals surface area contributed by atoms with Crippen LogP contribution in [0.4, 0.5) is 0 Å². The van der Waals surface area contributed by atoms with Crippen molar-refractivity contribution in [2.24, 2.45) is 39.4 Å². The van der Waals surface area contributed by atoms with Gasteiger partial charge in [0.25, 0.3) is 0 Å². The number of aliphatic hydroxyl groups is 3. The first-order valence-electron chi connectivity index (χ1n) is 20.5. The van der Waals surface area contributed by atoms with E-state index >= 15 is 0 Å². The van der Waals surface area contributed by atoms with Crippen molar-refractivity contribution >= 4 is 17.7 Å². The maximum atomic E-state index is 14.9. The molecule has 1 aromatic rings. The molecule has 13 nitrogen and oxygen atoms in total. The largest absolute Gasteiger partial charge is 0.469 e. The molecule has 8 aliphatic rings. The van der Waals surface area contributed by atoms with Crippen molar-refractivity contribution in [3.63, 3.8) is 0 Å². The Bertz CT molecular complexity index is 1680. The summed E-state index contributed by atoms with van der Waals surface area (Å²) in [6.07, 6.45) is 4.77. The number of ketones is 1. The zero-order valence-electron chi connectivity index (χ0n) is 32.1. The highest BCUT2D eigenvalue weighted by molar-refractivity contribution is 5.92. The summed E-state index contributed by atoms with van der Waals surface area (Å²) in [5.41, 5.74) is -5.44. The van der Waals surface area contributed by atoms with E-state index in [2.05, 4.69) is 10.6 Å². The molecule has 0 amide bonds. The van der Waals surface area contributed by atoms with E-state index in [-0.39, 0.29) is 36.8 Å². The van der Waals surface area contributed by atoms with Gasteiger partial charge >= 0.3 is 11.9 Å². The number of unbranched alkanes of at least 4 members (excludes halogenated alkanes) is 1. The lowest BCUT2D eigenvalue weighted by Crippen LogP contribution is -2.77. The predicted octanol–water partition coefficient (Wildman–Crippen LogP) is 2.87. The molecule has 0 aromatic carbocycles. The molecule has 5 saturated heterocycles. The molecule has 5 N–H and O–H groups in total. The number of epoxide rings is 1. The fourth-order valence-electron chi connectivity index (χ4n) is 13.9. The molecule has 13 heteroatoms. The standard InChI is InChI=1S/C41H58N2O11/c1-36(2)29-28(46)30(47)38(4)27(40(29)20-51-35(49)39(34(40)54-36)13-7-8-14-39)11-15-37(3)31(52-33(48)32-41(37,38)53-32)24-12-16-50-26(24)17-22(25(45)19-44)9-5-6-10-23-18-42-21-43-23/h12,16,22-23,25,27,29-32,34,42-45,47H,5-11,13-15,17-21H2,1-4H3. The van der Waals surface area contributed by atoms with Gasteiger partial charge in [-0.05, 0) is 70.3 Å². The molecule has 298 valence electrons. The first-order valence-corrected chi connectivity index (χ1v) is 20.5. The lowest BCUT2D eigenvalue weighted by atomic mass is 9.35. The third-order valence-corrected chi connectivity index (χ3v) is 16.3. The van der Waals surface area contributed by atoms with Crippen LogP contribution in [0.3, 0.4) is 0 Å². The monoisotopic (exact) mass is 754 g/mol. The highest BCUT2D eigenvalue weighted by atomic mass is 16.7. The van der Waals surface area contributed by atoms with Crippen molar-refractivity contribution in [1.82, 2.24) is 10.6 Å². The SMILES string of the molecule is CC1(C)OC2C3(CCCC3)C(=O)OCC23C1C(=O)C(O)C1(C)C3CCC2(C)C(c3ccoc3CC(CCCCC3CNCN3)C(O)CO)OC(=O)C3OC321. The molecule has 1 aromatic heterocycles. The van der Waals surface area contributed by atoms with E-state index < -0.39 is 75.3 Å². The number of Topliss-reactive ketones (excluding diaryl/α,β-unsaturated/α-hetero) is 1. The first-order chi connectivity index (χ1) is 25.7. The lowest BCUT2D eigenvalue weighted by Gasteiger charge is -2.67. The maximum absolute atomic E-state index is 14.9. The molecule has 5 aliphatic heterocycles. The molecule has 6 heterocycles. The van der Waals surface area contributed by atoms with Crippen LogP contribution in [-0.4, -0.2) is 101 Å². The number of hydrogen-bond acceptors (Lipinski definition) is 13. The van der Waals surface area contributed by atoms with Crippen LogP contribution in [0.1, 0.15) is 109 Å². The van der Waals surface area contributed by atoms with Crippen LogP contribution in [0.5, 0.6) is 0 Å². The van der Waals surface area contributed by atoms with E-state index in [1.165, 1.54) is 0 Å². The van der Waals surface area contributed by atoms with Gasteiger partial charge in [-0.15, -0.1) is 0 Å². The van der Waals surface area contributed by atoms with Gasteiger partial charge in [0.2, 0.25) is 0 Å². The summed E-state index contributed by atoms with van der Waals surface area (Å²) in [5.74, 6) is -1.94. The number of fused-ring (bicyclic) bond motifs is 2. The molecule has 9 rings (SSSR count). The van der Waals surface area contributed by atoms with E-state index in [9.17, 15) is 29.7 Å². The molecule has 54 heavy (non-hydrogen) atoms. The average Bonchev–Trinajstić information content (AvgIpc) is 3.60. The summed E-state index contributed by atoms with van der Waals surface area (Å²) in [7, 11) is 0. The molecule has 0 bridgehead atoms. The van der Waals surface area contributed by atoms with E-state index in [0.29, 0.717) is 55.9 Å². The van der Waals surface area contributed by atoms with Crippen molar-refractivity contribution in [2.45, 2.75) is 146 Å². The number of carbonyl (C=O) groups excluding carboxylic acids is 3. The Morgan fingerprint density at radius 3 is 2.52 bits per heavy atom. The smallest absolute Gasteiger partial charge is 0.339 e. The Morgan fingerprint density at radius 1 is 1.02 bits per heavy atom. The Hall–Kier alpha value is -2.39. The van der Waals surface area contributed by atoms with Crippen LogP contribution in [0.2, 0.25) is 0 Å². The zero-order valence-corrected chi connectivity index (χ0v) is 32.1. The Kier molecular flexibility index (Phi) is 8.65. The Morgan fingerprint density at radius 2 is 1.80 bits per heavy atom. The second-order valence-electron chi connectivity index (χ2n) is 19.1. The normalized spacial score (nSPS) is 45.1. The summed E-state index contributed by atoms with van der Waals surface area (Å²) in [6, 6.07) is 2.25. The number of nitrogens with one attached hydrogen (secondary N) is 2. The number of furan rings is 1. The van der Waals surface area contributed by atoms with E-state index in [1.807, 2.05) is 33.8 Å². The third-order valence-electron chi connectivity index (χ3n) is 16.3. The molecular formula is C41H58N2O11. The van der Waals surface area contributed by atoms with E-state index in [4.69, 9.17) is 23.4 Å². The number of cyclic esters (lactones) is 2. The fraction of sp³-hybridized carbons (Fsp3) is 0.829. The zero-order chi connectivity index (χ0) is 38.1. The molecule has 3 aliphatic carbocycles. The topological polar surface area (TPSA) is 189 Å². The molecule has 13 unspecified atom stereocenters. The number of ether oxygens (including phenoxy) is 4. The van der Waals surface area contributed by atoms with Crippen molar-refractivity contribution in [1.29, 1.82) is 0 Å². The number of esters is 2. The second-order valence-corrected chi connectivity index (χ2v) is 19.1. The van der Waals surface area contributed by atoms with Gasteiger partial charge in [-0.3, -0.25) is 9.59 Å². The Labute approximate surface area is 316 Å². The molecular weight excluding hydrogens is 696 g/mol. The highest BCUT2D eigenvalue weighted by Crippen LogP contribution is 2.81. The summed E-state index contributed by atoms with van der Waals surface area (Å²) < 4.78 is 32.2. The van der Waals surface area contributed by atoms with Gasteiger partial charge in [0, 0.05) is 47.5 Å². The minimum Gasteiger partial charge on any atom is -0.469 e. The first kappa shape index (κ1) is 37.2. The third kappa shape index (κ3) is 4.66. The van der Waals surface area contributed by atoms with Gasteiger partial charge in [-0.1, -0.05) is 39.5 Å². The molecule has 3 saturated carbocycles. The van der Waals surface area contributed by atoms with Gasteiger partial charge in [0.15, 0.2) is 11.9 Å². The minimum atomic E-state index is -1.46. The maximum Gasteiger partial charge on any atom is 0.339 e. The summed E-state index contributed by atoms with van der Waals surface area (Å²) >= 11 is 0. The van der Waals surface area contributed by atoms with Gasteiger partial charge in [-0.2, -0.15) is 0 Å². The van der Waals surface area contributed by atoms with E-state index in [0.717, 1.165) is 45.3 Å². The minimum absolute atomic E-state index is 0.0188. The average molecular weight is 755 g/mol. The van der Waals surface area contributed by atoms with Crippen molar-refractivity contribution in [3.8, 4) is 0 Å². The summed E-state index contributed by atoms with van der Waals surface area (Å²) in [4.78, 5) is 42.7. The van der Waals surface area contributed by atoms with Crippen LogP contribution in [0.25, 0.3) is 0 Å². The quantitative estimate of drug-likeness (QED) is 0.133. The highest BCUT2D eigenvalue weighted by Gasteiger charge is 2.91. The number of hydrogen-bond donors (Lipinski definition) is 5. The summed E-state index contributed by atoms with van der Waals surface area (Å²) in [5, 5.41) is 40.2. The molecule has 13 atom stereocenters. The predicted molar refractivity (Wildman–Crippen MR) is 190 cm³/mol. The van der Waals surface area contributed by atoms with Crippen LogP contribution in [-0.2, 0) is 39.8 Å². The Balaban J connectivity index is 1.06. The van der Waals surface area contributed by atoms with Gasteiger partial charge < -0.3 is 49.3 Å². The van der Waals surface area contributed by atoms with Crippen LogP contribution < -0.4 is 10.6 Å². The number of rotatable bonds is 10. The number of carbonyl (C=O) groups is 3. The van der Waals surface area contributed by atoms with Crippen molar-refractivity contribution in [3.05, 3.63) is 23.7 Å². The number of aliphatic hydroxyl groups excluding tert-OH is 3. The van der Waals surface area contributed by atoms with Crippen molar-refractivity contribution in [2.75, 3.05) is 26.4 Å². The summed E-state index contributed by atoms with van der Waals surface area (Å²) in [6.45, 7) is 9.16. The van der Waals surface area contributed by atoms with Crippen LogP contribution in [0.15, 0.2) is 16.7 Å². The molecule has 0 radical (unpaired) electrons. The molecule has 8 fully saturated rings. The fourth-order valence-corrected chi connectivity index (χ4v) is 13.9. The lowest BCUT2D eigenvalue weighted by molar-refractivity contribution is -0.264.